The van der Waals surface area contributed by atoms with E-state index in [-0.39, 0.29) is 31.4 Å². The molecule has 1 saturated heterocycles. The Labute approximate surface area is 138 Å². The Hall–Kier alpha value is -1.34. The van der Waals surface area contributed by atoms with Gasteiger partial charge in [0, 0.05) is 29.7 Å². The number of benzene rings is 1. The highest BCUT2D eigenvalue weighted by molar-refractivity contribution is 6.34. The van der Waals surface area contributed by atoms with Crippen molar-refractivity contribution in [2.75, 3.05) is 32.7 Å². The zero-order chi connectivity index (χ0) is 16.1. The summed E-state index contributed by atoms with van der Waals surface area (Å²) in [5.41, 5.74) is 0.524. The van der Waals surface area contributed by atoms with E-state index in [1.54, 1.807) is 18.2 Å². The quantitative estimate of drug-likeness (QED) is 0.728. The first-order valence-electron chi connectivity index (χ1n) is 6.85. The van der Waals surface area contributed by atoms with Crippen LogP contribution in [0.1, 0.15) is 11.7 Å². The van der Waals surface area contributed by atoms with Crippen LogP contribution in [0.25, 0.3) is 0 Å². The number of carbonyl (C=O) groups is 2. The molecule has 1 unspecified atom stereocenters. The fraction of sp³-hybridized carbons (Fsp3) is 0.429. The predicted octanol–water partition coefficient (Wildman–Crippen LogP) is 0.575. The van der Waals surface area contributed by atoms with Gasteiger partial charge in [-0.15, -0.1) is 0 Å². The van der Waals surface area contributed by atoms with Crippen LogP contribution in [0.15, 0.2) is 18.2 Å². The van der Waals surface area contributed by atoms with Crippen molar-refractivity contribution in [3.8, 4) is 0 Å². The summed E-state index contributed by atoms with van der Waals surface area (Å²) in [6.07, 6.45) is -0.918. The highest BCUT2D eigenvalue weighted by Gasteiger charge is 2.20. The Bertz CT molecular complexity index is 548. The molecular formula is C14H17Cl2N3O3. The van der Waals surface area contributed by atoms with Gasteiger partial charge in [-0.25, -0.2) is 0 Å². The second-order valence-electron chi connectivity index (χ2n) is 5.01. The zero-order valence-electron chi connectivity index (χ0n) is 11.8. The third kappa shape index (κ3) is 4.84. The van der Waals surface area contributed by atoms with Gasteiger partial charge < -0.3 is 20.6 Å². The number of rotatable bonds is 5. The second kappa shape index (κ2) is 7.78. The first-order valence-corrected chi connectivity index (χ1v) is 7.60. The van der Waals surface area contributed by atoms with E-state index in [1.807, 2.05) is 0 Å². The molecule has 22 heavy (non-hydrogen) atoms. The molecule has 0 aromatic heterocycles. The Kier molecular flexibility index (Phi) is 6.02. The highest BCUT2D eigenvalue weighted by atomic mass is 35.5. The summed E-state index contributed by atoms with van der Waals surface area (Å²) >= 11 is 11.7. The summed E-state index contributed by atoms with van der Waals surface area (Å²) in [7, 11) is 0. The van der Waals surface area contributed by atoms with Crippen LogP contribution in [0, 0.1) is 0 Å². The zero-order valence-corrected chi connectivity index (χ0v) is 13.3. The molecular weight excluding hydrogens is 329 g/mol. The van der Waals surface area contributed by atoms with Gasteiger partial charge in [-0.2, -0.15) is 0 Å². The van der Waals surface area contributed by atoms with E-state index in [0.717, 1.165) is 0 Å². The maximum absolute atomic E-state index is 11.8. The number of carbonyl (C=O) groups excluding carboxylic acids is 2. The second-order valence-corrected chi connectivity index (χ2v) is 5.89. The van der Waals surface area contributed by atoms with Gasteiger partial charge in [-0.1, -0.05) is 23.2 Å². The first-order chi connectivity index (χ1) is 10.5. The summed E-state index contributed by atoms with van der Waals surface area (Å²) in [5.74, 6) is -0.425. The minimum absolute atomic E-state index is 0.0104. The number of hydrogen-bond donors (Lipinski definition) is 3. The fourth-order valence-corrected chi connectivity index (χ4v) is 2.68. The maximum atomic E-state index is 11.8. The normalized spacial score (nSPS) is 16.5. The number of piperazine rings is 1. The van der Waals surface area contributed by atoms with Gasteiger partial charge in [-0.3, -0.25) is 9.59 Å². The van der Waals surface area contributed by atoms with E-state index >= 15 is 0 Å². The molecule has 1 heterocycles. The van der Waals surface area contributed by atoms with Crippen molar-refractivity contribution in [3.63, 3.8) is 0 Å². The molecule has 0 saturated carbocycles. The molecule has 0 bridgehead atoms. The lowest BCUT2D eigenvalue weighted by Gasteiger charge is -2.26. The molecule has 3 N–H and O–H groups in total. The van der Waals surface area contributed by atoms with E-state index in [9.17, 15) is 14.7 Å². The summed E-state index contributed by atoms with van der Waals surface area (Å²) < 4.78 is 0. The molecule has 120 valence electrons. The van der Waals surface area contributed by atoms with Gasteiger partial charge in [-0.05, 0) is 23.8 Å². The lowest BCUT2D eigenvalue weighted by atomic mass is 10.1. The predicted molar refractivity (Wildman–Crippen MR) is 83.9 cm³/mol. The maximum Gasteiger partial charge on any atom is 0.239 e. The highest BCUT2D eigenvalue weighted by Crippen LogP contribution is 2.23. The van der Waals surface area contributed by atoms with Crippen molar-refractivity contribution >= 4 is 35.0 Å². The van der Waals surface area contributed by atoms with Crippen LogP contribution in [0.5, 0.6) is 0 Å². The van der Waals surface area contributed by atoms with Crippen LogP contribution >= 0.6 is 23.2 Å². The summed E-state index contributed by atoms with van der Waals surface area (Å²) in [4.78, 5) is 24.9. The number of nitrogens with zero attached hydrogens (tertiary/aromatic N) is 1. The van der Waals surface area contributed by atoms with Crippen LogP contribution in [0.2, 0.25) is 10.0 Å². The Morgan fingerprint density at radius 1 is 1.36 bits per heavy atom. The van der Waals surface area contributed by atoms with Crippen LogP contribution in [-0.4, -0.2) is 54.5 Å². The molecule has 1 aromatic rings. The Morgan fingerprint density at radius 3 is 2.68 bits per heavy atom. The largest absolute Gasteiger partial charge is 0.387 e. The van der Waals surface area contributed by atoms with Crippen molar-refractivity contribution in [3.05, 3.63) is 33.8 Å². The molecule has 1 atom stereocenters. The topological polar surface area (TPSA) is 81.7 Å². The minimum atomic E-state index is -0.918. The van der Waals surface area contributed by atoms with Crippen molar-refractivity contribution in [1.82, 2.24) is 15.5 Å². The van der Waals surface area contributed by atoms with Crippen LogP contribution in [0.4, 0.5) is 0 Å². The van der Waals surface area contributed by atoms with Crippen LogP contribution < -0.4 is 10.6 Å². The molecule has 1 aliphatic heterocycles. The number of aliphatic hydroxyl groups excluding tert-OH is 1. The van der Waals surface area contributed by atoms with E-state index in [0.29, 0.717) is 28.7 Å². The molecule has 2 amide bonds. The standard InChI is InChI=1S/C14H17Cl2N3O3/c15-10-3-9(4-11(16)5-10)12(20)6-18-13(21)8-19-2-1-17-7-14(19)22/h3-5,12,17,20H,1-2,6-8H2,(H,18,21). The molecule has 2 rings (SSSR count). The van der Waals surface area contributed by atoms with E-state index in [1.165, 1.54) is 4.90 Å². The molecule has 0 spiro atoms. The molecule has 1 fully saturated rings. The van der Waals surface area contributed by atoms with E-state index in [2.05, 4.69) is 10.6 Å². The molecule has 1 aromatic carbocycles. The van der Waals surface area contributed by atoms with Gasteiger partial charge >= 0.3 is 0 Å². The summed E-state index contributed by atoms with van der Waals surface area (Å²) in [5, 5.41) is 16.4. The minimum Gasteiger partial charge on any atom is -0.387 e. The van der Waals surface area contributed by atoms with Crippen LogP contribution in [-0.2, 0) is 9.59 Å². The van der Waals surface area contributed by atoms with Gasteiger partial charge in [0.15, 0.2) is 0 Å². The van der Waals surface area contributed by atoms with Crippen LogP contribution in [0.3, 0.4) is 0 Å². The average molecular weight is 346 g/mol. The number of aliphatic hydroxyl groups is 1. The first kappa shape index (κ1) is 17.0. The molecule has 0 radical (unpaired) electrons. The van der Waals surface area contributed by atoms with Gasteiger partial charge in [0.1, 0.15) is 0 Å². The van der Waals surface area contributed by atoms with E-state index < -0.39 is 6.10 Å². The average Bonchev–Trinajstić information content (AvgIpc) is 2.46. The molecule has 1 aliphatic rings. The van der Waals surface area contributed by atoms with Crippen molar-refractivity contribution in [1.29, 1.82) is 0 Å². The van der Waals surface area contributed by atoms with Crippen molar-refractivity contribution in [2.45, 2.75) is 6.10 Å². The number of hydrogen-bond acceptors (Lipinski definition) is 4. The third-order valence-electron chi connectivity index (χ3n) is 3.28. The summed E-state index contributed by atoms with van der Waals surface area (Å²) in [6, 6.07) is 4.74. The van der Waals surface area contributed by atoms with Gasteiger partial charge in [0.25, 0.3) is 0 Å². The molecule has 0 aliphatic carbocycles. The van der Waals surface area contributed by atoms with E-state index in [4.69, 9.17) is 23.2 Å². The smallest absolute Gasteiger partial charge is 0.239 e. The Balaban J connectivity index is 1.83. The molecule has 6 nitrogen and oxygen atoms in total. The summed E-state index contributed by atoms with van der Waals surface area (Å²) in [6.45, 7) is 1.43. The monoisotopic (exact) mass is 345 g/mol. The number of halogens is 2. The van der Waals surface area contributed by atoms with Crippen molar-refractivity contribution in [2.24, 2.45) is 0 Å². The van der Waals surface area contributed by atoms with Gasteiger partial charge in [0.2, 0.25) is 11.8 Å². The van der Waals surface area contributed by atoms with Gasteiger partial charge in [0.05, 0.1) is 19.2 Å². The number of nitrogens with one attached hydrogen (secondary N) is 2. The lowest BCUT2D eigenvalue weighted by Crippen LogP contribution is -2.51. The number of amides is 2. The lowest BCUT2D eigenvalue weighted by molar-refractivity contribution is -0.136. The van der Waals surface area contributed by atoms with Crippen molar-refractivity contribution < 1.29 is 14.7 Å². The fourth-order valence-electron chi connectivity index (χ4n) is 2.14. The SMILES string of the molecule is O=C(CN1CCNCC1=O)NCC(O)c1cc(Cl)cc(Cl)c1. The third-order valence-corrected chi connectivity index (χ3v) is 3.72. The Morgan fingerprint density at radius 2 is 2.05 bits per heavy atom. The molecule has 8 heteroatoms.